The zero-order valence-corrected chi connectivity index (χ0v) is 12.1. The Balaban J connectivity index is 1.79. The summed E-state index contributed by atoms with van der Waals surface area (Å²) in [5.41, 5.74) is 0. The minimum atomic E-state index is 0.714. The topological polar surface area (TPSA) is 15.3 Å². The fourth-order valence-electron chi connectivity index (χ4n) is 3.17. The van der Waals surface area contributed by atoms with E-state index in [1.165, 1.54) is 38.8 Å². The lowest BCUT2D eigenvalue weighted by Gasteiger charge is -2.42. The van der Waals surface area contributed by atoms with Crippen molar-refractivity contribution in [3.8, 4) is 0 Å². The van der Waals surface area contributed by atoms with E-state index in [0.717, 1.165) is 19.0 Å². The summed E-state index contributed by atoms with van der Waals surface area (Å²) in [7, 11) is 0. The second-order valence-electron chi connectivity index (χ2n) is 5.58. The maximum atomic E-state index is 3.47. The summed E-state index contributed by atoms with van der Waals surface area (Å²) in [6, 6.07) is 5.45. The molecule has 2 fully saturated rings. The molecule has 1 atom stereocenters. The second-order valence-corrected chi connectivity index (χ2v) is 6.78. The van der Waals surface area contributed by atoms with Crippen molar-refractivity contribution in [2.75, 3.05) is 26.2 Å². The van der Waals surface area contributed by atoms with Gasteiger partial charge in [0.1, 0.15) is 0 Å². The van der Waals surface area contributed by atoms with Crippen LogP contribution in [-0.2, 0) is 6.42 Å². The highest BCUT2D eigenvalue weighted by atomic mass is 32.1. The molecule has 100 valence electrons. The average molecular weight is 264 g/mol. The maximum Gasteiger partial charge on any atom is 0.0470 e. The third kappa shape index (κ3) is 2.49. The van der Waals surface area contributed by atoms with Crippen molar-refractivity contribution < 1.29 is 0 Å². The molecule has 1 saturated carbocycles. The van der Waals surface area contributed by atoms with Gasteiger partial charge in [-0.15, -0.1) is 11.3 Å². The van der Waals surface area contributed by atoms with Crippen molar-refractivity contribution >= 4 is 11.3 Å². The predicted octanol–water partition coefficient (Wildman–Crippen LogP) is 3.06. The Kier molecular flexibility index (Phi) is 4.02. The van der Waals surface area contributed by atoms with Crippen LogP contribution < -0.4 is 5.32 Å². The van der Waals surface area contributed by atoms with Crippen LogP contribution in [0, 0.1) is 5.92 Å². The molecule has 1 N–H and O–H groups in total. The lowest BCUT2D eigenvalue weighted by atomic mass is 9.78. The third-order valence-corrected chi connectivity index (χ3v) is 5.76. The average Bonchev–Trinajstić information content (AvgIpc) is 2.83. The molecule has 0 radical (unpaired) electrons. The van der Waals surface area contributed by atoms with Crippen molar-refractivity contribution in [3.63, 3.8) is 0 Å². The first-order valence-electron chi connectivity index (χ1n) is 7.42. The number of hydrogen-bond acceptors (Lipinski definition) is 3. The second kappa shape index (κ2) is 5.72. The van der Waals surface area contributed by atoms with Crippen LogP contribution in [0.15, 0.2) is 12.1 Å². The van der Waals surface area contributed by atoms with E-state index < -0.39 is 0 Å². The van der Waals surface area contributed by atoms with Gasteiger partial charge in [-0.25, -0.2) is 0 Å². The maximum absolute atomic E-state index is 3.47. The summed E-state index contributed by atoms with van der Waals surface area (Å²) in [6.07, 6.45) is 5.50. The molecule has 0 spiro atoms. The SMILES string of the molecule is CCc1ccc([C@H](C2CCC2)N2CCNCC2)s1. The van der Waals surface area contributed by atoms with Gasteiger partial charge in [-0.2, -0.15) is 0 Å². The standard InChI is InChI=1S/C15H24N2S/c1-2-13-6-7-14(18-13)15(12-4-3-5-12)17-10-8-16-9-11-17/h6-7,12,15-16H,2-5,8-11H2,1H3/t15-/m0/s1. The summed E-state index contributed by atoms with van der Waals surface area (Å²) < 4.78 is 0. The number of hydrogen-bond donors (Lipinski definition) is 1. The highest BCUT2D eigenvalue weighted by molar-refractivity contribution is 7.12. The van der Waals surface area contributed by atoms with Gasteiger partial charge in [-0.3, -0.25) is 4.90 Å². The molecule has 0 aromatic carbocycles. The Labute approximate surface area is 114 Å². The normalized spacial score (nSPS) is 23.8. The molecule has 2 heterocycles. The monoisotopic (exact) mass is 264 g/mol. The summed E-state index contributed by atoms with van der Waals surface area (Å²) in [4.78, 5) is 5.90. The van der Waals surface area contributed by atoms with Gasteiger partial charge >= 0.3 is 0 Å². The predicted molar refractivity (Wildman–Crippen MR) is 78.2 cm³/mol. The Hall–Kier alpha value is -0.380. The molecule has 1 aromatic rings. The first-order chi connectivity index (χ1) is 8.88. The quantitative estimate of drug-likeness (QED) is 0.899. The molecule has 2 nitrogen and oxygen atoms in total. The van der Waals surface area contributed by atoms with Crippen molar-refractivity contribution in [2.45, 2.75) is 38.6 Å². The van der Waals surface area contributed by atoms with E-state index >= 15 is 0 Å². The molecule has 1 aliphatic heterocycles. The molecule has 0 amide bonds. The molecule has 2 aliphatic rings. The van der Waals surface area contributed by atoms with E-state index in [9.17, 15) is 0 Å². The highest BCUT2D eigenvalue weighted by Gasteiger charge is 2.34. The number of rotatable bonds is 4. The van der Waals surface area contributed by atoms with Crippen LogP contribution in [0.2, 0.25) is 0 Å². The van der Waals surface area contributed by atoms with Crippen molar-refractivity contribution in [1.82, 2.24) is 10.2 Å². The third-order valence-electron chi connectivity index (χ3n) is 4.46. The van der Waals surface area contributed by atoms with Gasteiger partial charge < -0.3 is 5.32 Å². The van der Waals surface area contributed by atoms with E-state index in [-0.39, 0.29) is 0 Å². The Bertz CT molecular complexity index is 378. The van der Waals surface area contributed by atoms with Crippen LogP contribution in [0.1, 0.15) is 42.0 Å². The van der Waals surface area contributed by atoms with Gasteiger partial charge in [0, 0.05) is 42.0 Å². The van der Waals surface area contributed by atoms with Crippen LogP contribution >= 0.6 is 11.3 Å². The van der Waals surface area contributed by atoms with Gasteiger partial charge in [0.05, 0.1) is 0 Å². The molecule has 0 unspecified atom stereocenters. The zero-order valence-electron chi connectivity index (χ0n) is 11.3. The van der Waals surface area contributed by atoms with Crippen LogP contribution in [-0.4, -0.2) is 31.1 Å². The summed E-state index contributed by atoms with van der Waals surface area (Å²) in [6.45, 7) is 7.03. The fourth-order valence-corrected chi connectivity index (χ4v) is 4.35. The van der Waals surface area contributed by atoms with E-state index in [2.05, 4.69) is 40.6 Å². The van der Waals surface area contributed by atoms with E-state index in [4.69, 9.17) is 0 Å². The number of thiophene rings is 1. The highest BCUT2D eigenvalue weighted by Crippen LogP contribution is 2.43. The van der Waals surface area contributed by atoms with E-state index in [0.29, 0.717) is 6.04 Å². The lowest BCUT2D eigenvalue weighted by Crippen LogP contribution is -2.47. The van der Waals surface area contributed by atoms with Crippen LogP contribution in [0.5, 0.6) is 0 Å². The summed E-state index contributed by atoms with van der Waals surface area (Å²) in [5.74, 6) is 0.923. The van der Waals surface area contributed by atoms with Gasteiger partial charge in [-0.1, -0.05) is 13.3 Å². The Morgan fingerprint density at radius 3 is 2.67 bits per heavy atom. The summed E-state index contributed by atoms with van der Waals surface area (Å²) in [5, 5.41) is 3.47. The molecule has 18 heavy (non-hydrogen) atoms. The number of aryl methyl sites for hydroxylation is 1. The smallest absolute Gasteiger partial charge is 0.0470 e. The van der Waals surface area contributed by atoms with Crippen LogP contribution in [0.4, 0.5) is 0 Å². The minimum absolute atomic E-state index is 0.714. The summed E-state index contributed by atoms with van der Waals surface area (Å²) >= 11 is 2.05. The van der Waals surface area contributed by atoms with Gasteiger partial charge in [0.25, 0.3) is 0 Å². The molecule has 1 aliphatic carbocycles. The molecule has 1 saturated heterocycles. The molecule has 0 bridgehead atoms. The Morgan fingerprint density at radius 1 is 1.33 bits per heavy atom. The van der Waals surface area contributed by atoms with Gasteiger partial charge in [0.2, 0.25) is 0 Å². The number of piperazine rings is 1. The van der Waals surface area contributed by atoms with Gasteiger partial charge in [0.15, 0.2) is 0 Å². The molecule has 3 heteroatoms. The van der Waals surface area contributed by atoms with Crippen molar-refractivity contribution in [3.05, 3.63) is 21.9 Å². The van der Waals surface area contributed by atoms with Crippen LogP contribution in [0.3, 0.4) is 0 Å². The fraction of sp³-hybridized carbons (Fsp3) is 0.733. The zero-order chi connectivity index (χ0) is 12.4. The lowest BCUT2D eigenvalue weighted by molar-refractivity contribution is 0.0860. The molecule has 3 rings (SSSR count). The van der Waals surface area contributed by atoms with Crippen LogP contribution in [0.25, 0.3) is 0 Å². The number of nitrogens with one attached hydrogen (secondary N) is 1. The van der Waals surface area contributed by atoms with Crippen molar-refractivity contribution in [1.29, 1.82) is 0 Å². The first kappa shape index (κ1) is 12.6. The minimum Gasteiger partial charge on any atom is -0.314 e. The van der Waals surface area contributed by atoms with E-state index in [1.807, 2.05) is 0 Å². The van der Waals surface area contributed by atoms with Gasteiger partial charge in [-0.05, 0) is 37.3 Å². The Morgan fingerprint density at radius 2 is 2.11 bits per heavy atom. The van der Waals surface area contributed by atoms with E-state index in [1.54, 1.807) is 9.75 Å². The molecular formula is C15H24N2S. The van der Waals surface area contributed by atoms with Crippen molar-refractivity contribution in [2.24, 2.45) is 5.92 Å². The molecular weight excluding hydrogens is 240 g/mol. The largest absolute Gasteiger partial charge is 0.314 e. The first-order valence-corrected chi connectivity index (χ1v) is 8.23. The molecule has 1 aromatic heterocycles. The number of nitrogens with zero attached hydrogens (tertiary/aromatic N) is 1.